The van der Waals surface area contributed by atoms with Gasteiger partial charge in [0.25, 0.3) is 6.16 Å². The van der Waals surface area contributed by atoms with Crippen LogP contribution in [0.25, 0.3) is 0 Å². The molecule has 0 aliphatic rings. The van der Waals surface area contributed by atoms with Crippen molar-refractivity contribution in [1.29, 1.82) is 0 Å². The molecule has 0 rings (SSSR count). The van der Waals surface area contributed by atoms with E-state index in [0.717, 1.165) is 13.2 Å². The van der Waals surface area contributed by atoms with E-state index in [1.807, 2.05) is 0 Å². The second-order valence-electron chi connectivity index (χ2n) is 1.94. The summed E-state index contributed by atoms with van der Waals surface area (Å²) >= 11 is 0. The van der Waals surface area contributed by atoms with Crippen molar-refractivity contribution in [1.82, 2.24) is 0 Å². The Bertz CT molecular complexity index is 107. The van der Waals surface area contributed by atoms with E-state index in [2.05, 4.69) is 19.9 Å². The fourth-order valence-electron chi connectivity index (χ4n) is 0.353. The van der Waals surface area contributed by atoms with Crippen molar-refractivity contribution < 1.29 is 29.8 Å². The van der Waals surface area contributed by atoms with Crippen molar-refractivity contribution in [2.24, 2.45) is 0 Å². The van der Waals surface area contributed by atoms with Crippen LogP contribution in [-0.2, 0) is 14.2 Å². The van der Waals surface area contributed by atoms with Crippen molar-refractivity contribution in [3.8, 4) is 0 Å². The number of quaternary nitrogens is 1. The van der Waals surface area contributed by atoms with E-state index < -0.39 is 6.16 Å². The molecule has 0 spiro atoms. The largest absolute Gasteiger partial charge is 0.547 e. The zero-order valence-corrected chi connectivity index (χ0v) is 8.08. The average Bonchev–Trinajstić information content (AvgIpc) is 2.07. The molecule has 0 bridgehead atoms. The van der Waals surface area contributed by atoms with Gasteiger partial charge in [-0.2, -0.15) is 0 Å². The lowest BCUT2D eigenvalue weighted by Gasteiger charge is -2.04. The first-order valence-electron chi connectivity index (χ1n) is 3.79. The molecule has 0 aromatic carbocycles. The number of hydrogen-bond acceptors (Lipinski definition) is 5. The maximum Gasteiger partial charge on any atom is 0.252 e. The van der Waals surface area contributed by atoms with Crippen LogP contribution in [0.1, 0.15) is 0 Å². The summed E-state index contributed by atoms with van der Waals surface area (Å²) in [6, 6.07) is 0. The summed E-state index contributed by atoms with van der Waals surface area (Å²) in [5, 5.41) is 9.49. The number of carboxylic acid groups (broad SMARTS) is 1. The van der Waals surface area contributed by atoms with E-state index in [-0.39, 0.29) is 13.2 Å². The molecule has 0 aromatic heterocycles. The predicted molar refractivity (Wildman–Crippen MR) is 42.9 cm³/mol. The van der Waals surface area contributed by atoms with Gasteiger partial charge in [-0.05, 0) is 0 Å². The summed E-state index contributed by atoms with van der Waals surface area (Å²) in [5.74, 6) is 0. The van der Waals surface area contributed by atoms with Gasteiger partial charge >= 0.3 is 0 Å². The molecule has 80 valence electrons. The molecule has 0 amide bonds. The molecule has 3 N–H and O–H groups in total. The molecule has 0 saturated heterocycles. The first-order chi connectivity index (χ1) is 6.18. The van der Waals surface area contributed by atoms with Crippen molar-refractivity contribution in [3.05, 3.63) is 0 Å². The van der Waals surface area contributed by atoms with Crippen LogP contribution in [0.3, 0.4) is 0 Å². The minimum atomic E-state index is -1.51. The maximum absolute atomic E-state index is 9.49. The molecule has 0 unspecified atom stereocenters. The van der Waals surface area contributed by atoms with Gasteiger partial charge in [-0.25, -0.2) is 0 Å². The summed E-state index contributed by atoms with van der Waals surface area (Å²) in [5.41, 5.74) is 3.55. The molecule has 0 aliphatic heterocycles. The van der Waals surface area contributed by atoms with Gasteiger partial charge < -0.3 is 29.8 Å². The third kappa shape index (κ3) is 24.7. The van der Waals surface area contributed by atoms with Crippen molar-refractivity contribution in [2.45, 2.75) is 0 Å². The van der Waals surface area contributed by atoms with Crippen LogP contribution in [0.2, 0.25) is 0 Å². The smallest absolute Gasteiger partial charge is 0.252 e. The number of rotatable bonds is 5. The monoisotopic (exact) mass is 195 g/mol. The highest BCUT2D eigenvalue weighted by molar-refractivity contribution is 5.53. The third-order valence-corrected chi connectivity index (χ3v) is 0.856. The lowest BCUT2D eigenvalue weighted by Crippen LogP contribution is -2.52. The maximum atomic E-state index is 9.49. The zero-order valence-electron chi connectivity index (χ0n) is 8.08. The summed E-state index contributed by atoms with van der Waals surface area (Å²) in [7, 11) is 3.13. The van der Waals surface area contributed by atoms with Gasteiger partial charge in [-0.1, -0.05) is 0 Å². The minimum Gasteiger partial charge on any atom is -0.547 e. The minimum absolute atomic E-state index is 0.0405. The molecule has 0 fully saturated rings. The lowest BCUT2D eigenvalue weighted by molar-refractivity contribution is -0.373. The van der Waals surface area contributed by atoms with Crippen molar-refractivity contribution >= 4 is 6.16 Å². The number of carbonyl (C=O) groups excluding carboxylic acids is 1. The Kier molecular flexibility index (Phi) is 15.5. The summed E-state index contributed by atoms with van der Waals surface area (Å²) < 4.78 is 13.1. The van der Waals surface area contributed by atoms with Gasteiger partial charge in [0.2, 0.25) is 0 Å². The molecule has 6 nitrogen and oxygen atoms in total. The van der Waals surface area contributed by atoms with Crippen LogP contribution >= 0.6 is 0 Å². The molecular weight excluding hydrogens is 178 g/mol. The highest BCUT2D eigenvalue weighted by Crippen LogP contribution is 1.71. The van der Waals surface area contributed by atoms with Crippen LogP contribution in [-0.4, -0.2) is 46.7 Å². The van der Waals surface area contributed by atoms with E-state index in [0.29, 0.717) is 0 Å². The molecule has 0 heterocycles. The van der Waals surface area contributed by atoms with Gasteiger partial charge in [0.05, 0.1) is 26.4 Å². The molecule has 0 aromatic rings. The van der Waals surface area contributed by atoms with E-state index in [1.165, 1.54) is 7.11 Å². The average molecular weight is 195 g/mol. The number of ether oxygens (including phenoxy) is 3. The zero-order chi connectivity index (χ0) is 10.5. The third-order valence-electron chi connectivity index (χ3n) is 0.856. The van der Waals surface area contributed by atoms with Gasteiger partial charge in [0.15, 0.2) is 0 Å². The highest BCUT2D eigenvalue weighted by atomic mass is 16.7. The van der Waals surface area contributed by atoms with Crippen LogP contribution in [0.4, 0.5) is 4.79 Å². The second kappa shape index (κ2) is 13.7. The quantitative estimate of drug-likeness (QED) is 0.399. The highest BCUT2D eigenvalue weighted by Gasteiger charge is 1.80. The Balaban J connectivity index is 0. The van der Waals surface area contributed by atoms with E-state index >= 15 is 0 Å². The second-order valence-corrected chi connectivity index (χ2v) is 1.94. The van der Waals surface area contributed by atoms with Gasteiger partial charge in [-0.3, -0.25) is 0 Å². The summed E-state index contributed by atoms with van der Waals surface area (Å²) in [6.07, 6.45) is -1.51. The number of hydrogen-bond donors (Lipinski definition) is 1. The van der Waals surface area contributed by atoms with Crippen LogP contribution in [0.5, 0.6) is 0 Å². The first kappa shape index (κ1) is 14.7. The summed E-state index contributed by atoms with van der Waals surface area (Å²) in [6.45, 7) is 1.96. The lowest BCUT2D eigenvalue weighted by atomic mass is 10.7. The number of methoxy groups -OCH3 is 2. The Labute approximate surface area is 77.6 Å². The molecule has 6 heteroatoms. The van der Waals surface area contributed by atoms with E-state index in [9.17, 15) is 9.90 Å². The predicted octanol–water partition coefficient (Wildman–Crippen LogP) is -2.13. The van der Waals surface area contributed by atoms with Crippen LogP contribution in [0.15, 0.2) is 0 Å². The Morgan fingerprint density at radius 1 is 1.23 bits per heavy atom. The topological polar surface area (TPSA) is 95.5 Å². The Hall–Kier alpha value is -0.850. The molecule has 0 atom stereocenters. The fraction of sp³-hybridized carbons (Fsp3) is 0.857. The van der Waals surface area contributed by atoms with Gasteiger partial charge in [-0.15, -0.1) is 0 Å². The Morgan fingerprint density at radius 2 is 1.77 bits per heavy atom. The van der Waals surface area contributed by atoms with Crippen molar-refractivity contribution in [3.63, 3.8) is 0 Å². The van der Waals surface area contributed by atoms with E-state index in [4.69, 9.17) is 0 Å². The van der Waals surface area contributed by atoms with Crippen LogP contribution < -0.4 is 10.8 Å². The SMILES string of the molecule is COCCOC(=O)[O-].COCC[NH3+]. The van der Waals surface area contributed by atoms with Crippen molar-refractivity contribution in [2.75, 3.05) is 40.6 Å². The number of carbonyl (C=O) groups is 1. The Morgan fingerprint density at radius 3 is 2.00 bits per heavy atom. The first-order valence-corrected chi connectivity index (χ1v) is 3.79. The fourth-order valence-corrected chi connectivity index (χ4v) is 0.353. The molecule has 13 heavy (non-hydrogen) atoms. The van der Waals surface area contributed by atoms with Gasteiger partial charge in [0, 0.05) is 14.2 Å². The van der Waals surface area contributed by atoms with E-state index in [1.54, 1.807) is 7.11 Å². The standard InChI is InChI=1S/C4H8O4.C3H9NO/c1-7-2-3-8-4(5)6;1-5-3-2-4/h2-3H2,1H3,(H,5,6);2-4H2,1H3. The normalized spacial score (nSPS) is 8.54. The van der Waals surface area contributed by atoms with Gasteiger partial charge in [0.1, 0.15) is 0 Å². The summed E-state index contributed by atoms with van der Waals surface area (Å²) in [4.78, 5) is 9.49. The molecule has 0 radical (unpaired) electrons. The molecular formula is C7H17NO5. The van der Waals surface area contributed by atoms with Crippen LogP contribution in [0, 0.1) is 0 Å². The molecule has 0 aliphatic carbocycles. The molecule has 0 saturated carbocycles.